The van der Waals surface area contributed by atoms with Gasteiger partial charge in [0.15, 0.2) is 0 Å². The van der Waals surface area contributed by atoms with E-state index < -0.39 is 0 Å². The van der Waals surface area contributed by atoms with Crippen molar-refractivity contribution < 1.29 is 9.53 Å². The van der Waals surface area contributed by atoms with Crippen LogP contribution in [0.3, 0.4) is 0 Å². The molecule has 0 spiro atoms. The smallest absolute Gasteiger partial charge is 0.223 e. The Morgan fingerprint density at radius 1 is 1.45 bits per heavy atom. The fourth-order valence-electron chi connectivity index (χ4n) is 2.80. The maximum atomic E-state index is 12.3. The predicted octanol–water partition coefficient (Wildman–Crippen LogP) is 2.26. The molecule has 1 aromatic rings. The molecule has 1 aliphatic rings. The van der Waals surface area contributed by atoms with Crippen molar-refractivity contribution in [1.82, 2.24) is 10.6 Å². The lowest BCUT2D eigenvalue weighted by Gasteiger charge is -2.28. The molecule has 0 aliphatic carbocycles. The summed E-state index contributed by atoms with van der Waals surface area (Å²) in [6.45, 7) is 5.05. The van der Waals surface area contributed by atoms with Gasteiger partial charge in [0, 0.05) is 17.5 Å². The van der Waals surface area contributed by atoms with E-state index in [9.17, 15) is 4.79 Å². The van der Waals surface area contributed by atoms with Crippen LogP contribution in [0.4, 0.5) is 0 Å². The zero-order valence-corrected chi connectivity index (χ0v) is 12.5. The molecule has 1 aliphatic heterocycles. The highest BCUT2D eigenvalue weighted by molar-refractivity contribution is 5.79. The van der Waals surface area contributed by atoms with Crippen molar-refractivity contribution in [3.63, 3.8) is 0 Å². The van der Waals surface area contributed by atoms with Gasteiger partial charge in [-0.1, -0.05) is 18.2 Å². The Hall–Kier alpha value is -1.55. The van der Waals surface area contributed by atoms with Gasteiger partial charge in [-0.25, -0.2) is 0 Å². The van der Waals surface area contributed by atoms with Crippen molar-refractivity contribution in [2.45, 2.75) is 38.8 Å². The van der Waals surface area contributed by atoms with Gasteiger partial charge in [-0.15, -0.1) is 0 Å². The van der Waals surface area contributed by atoms with Crippen LogP contribution >= 0.6 is 0 Å². The van der Waals surface area contributed by atoms with Gasteiger partial charge in [0.1, 0.15) is 5.75 Å². The Bertz CT molecular complexity index is 462. The van der Waals surface area contributed by atoms with E-state index in [4.69, 9.17) is 4.74 Å². The molecule has 2 N–H and O–H groups in total. The van der Waals surface area contributed by atoms with Crippen LogP contribution in [0.15, 0.2) is 24.3 Å². The van der Waals surface area contributed by atoms with E-state index in [0.29, 0.717) is 6.04 Å². The summed E-state index contributed by atoms with van der Waals surface area (Å²) in [7, 11) is 1.65. The molecule has 0 aromatic heterocycles. The summed E-state index contributed by atoms with van der Waals surface area (Å²) in [5.74, 6) is 1.08. The molecule has 3 atom stereocenters. The molecule has 20 heavy (non-hydrogen) atoms. The lowest BCUT2D eigenvalue weighted by Crippen LogP contribution is -2.43. The minimum atomic E-state index is -0.0381. The van der Waals surface area contributed by atoms with Gasteiger partial charge in [-0.05, 0) is 39.3 Å². The van der Waals surface area contributed by atoms with Gasteiger partial charge >= 0.3 is 0 Å². The molecule has 110 valence electrons. The SMILES string of the molecule is COc1ccccc1C(C)NC(=O)C1CCNC(C)C1. The summed E-state index contributed by atoms with van der Waals surface area (Å²) >= 11 is 0. The van der Waals surface area contributed by atoms with Crippen LogP contribution in [-0.4, -0.2) is 25.6 Å². The van der Waals surface area contributed by atoms with Gasteiger partial charge in [-0.3, -0.25) is 4.79 Å². The van der Waals surface area contributed by atoms with Crippen LogP contribution in [0.25, 0.3) is 0 Å². The zero-order valence-electron chi connectivity index (χ0n) is 12.5. The third kappa shape index (κ3) is 3.51. The Labute approximate surface area is 120 Å². The van der Waals surface area contributed by atoms with E-state index in [2.05, 4.69) is 17.6 Å². The highest BCUT2D eigenvalue weighted by Crippen LogP contribution is 2.25. The molecule has 1 amide bonds. The third-order valence-electron chi connectivity index (χ3n) is 3.96. The second-order valence-corrected chi connectivity index (χ2v) is 5.55. The quantitative estimate of drug-likeness (QED) is 0.887. The number of carbonyl (C=O) groups excluding carboxylic acids is 1. The first-order valence-electron chi connectivity index (χ1n) is 7.28. The van der Waals surface area contributed by atoms with Crippen LogP contribution in [0.2, 0.25) is 0 Å². The van der Waals surface area contributed by atoms with E-state index in [1.165, 1.54) is 0 Å². The topological polar surface area (TPSA) is 50.4 Å². The molecule has 0 saturated carbocycles. The average molecular weight is 276 g/mol. The molecule has 4 nitrogen and oxygen atoms in total. The van der Waals surface area contributed by atoms with Crippen molar-refractivity contribution in [3.8, 4) is 5.75 Å². The first kappa shape index (κ1) is 14.9. The molecule has 0 bridgehead atoms. The number of nitrogens with one attached hydrogen (secondary N) is 2. The zero-order chi connectivity index (χ0) is 14.5. The maximum absolute atomic E-state index is 12.3. The van der Waals surface area contributed by atoms with Gasteiger partial charge in [0.05, 0.1) is 13.2 Å². The molecular formula is C16H24N2O2. The van der Waals surface area contributed by atoms with Crippen LogP contribution in [0, 0.1) is 5.92 Å². The van der Waals surface area contributed by atoms with Crippen molar-refractivity contribution in [1.29, 1.82) is 0 Å². The van der Waals surface area contributed by atoms with Gasteiger partial charge in [0.25, 0.3) is 0 Å². The minimum Gasteiger partial charge on any atom is -0.496 e. The third-order valence-corrected chi connectivity index (χ3v) is 3.96. The lowest BCUT2D eigenvalue weighted by molar-refractivity contribution is -0.126. The van der Waals surface area contributed by atoms with E-state index in [-0.39, 0.29) is 17.9 Å². The van der Waals surface area contributed by atoms with E-state index in [1.54, 1.807) is 7.11 Å². The standard InChI is InChI=1S/C16H24N2O2/c1-11-10-13(8-9-17-11)16(19)18-12(2)14-6-4-5-7-15(14)20-3/h4-7,11-13,17H,8-10H2,1-3H3,(H,18,19). The molecule has 2 rings (SSSR count). The van der Waals surface area contributed by atoms with Crippen molar-refractivity contribution in [3.05, 3.63) is 29.8 Å². The molecule has 1 heterocycles. The fraction of sp³-hybridized carbons (Fsp3) is 0.562. The number of hydrogen-bond donors (Lipinski definition) is 2. The summed E-state index contributed by atoms with van der Waals surface area (Å²) in [6.07, 6.45) is 1.82. The number of hydrogen-bond acceptors (Lipinski definition) is 3. The van der Waals surface area contributed by atoms with Crippen LogP contribution in [-0.2, 0) is 4.79 Å². The largest absolute Gasteiger partial charge is 0.496 e. The number of carbonyl (C=O) groups is 1. The van der Waals surface area contributed by atoms with Crippen LogP contribution in [0.5, 0.6) is 5.75 Å². The molecule has 0 radical (unpaired) electrons. The molecule has 1 aromatic carbocycles. The highest BCUT2D eigenvalue weighted by atomic mass is 16.5. The number of amides is 1. The Kier molecular flexibility index (Phi) is 5.01. The Morgan fingerprint density at radius 3 is 2.90 bits per heavy atom. The Balaban J connectivity index is 2.00. The minimum absolute atomic E-state index is 0.0381. The van der Waals surface area contributed by atoms with Crippen molar-refractivity contribution >= 4 is 5.91 Å². The first-order chi connectivity index (χ1) is 9.61. The maximum Gasteiger partial charge on any atom is 0.223 e. The summed E-state index contributed by atoms with van der Waals surface area (Å²) < 4.78 is 5.35. The highest BCUT2D eigenvalue weighted by Gasteiger charge is 2.26. The fourth-order valence-corrected chi connectivity index (χ4v) is 2.80. The van der Waals surface area contributed by atoms with Gasteiger partial charge < -0.3 is 15.4 Å². The van der Waals surface area contributed by atoms with Crippen molar-refractivity contribution in [2.24, 2.45) is 5.92 Å². The molecule has 3 unspecified atom stereocenters. The average Bonchev–Trinajstić information content (AvgIpc) is 2.47. The molecular weight excluding hydrogens is 252 g/mol. The first-order valence-corrected chi connectivity index (χ1v) is 7.28. The molecule has 1 fully saturated rings. The predicted molar refractivity (Wildman–Crippen MR) is 79.7 cm³/mol. The van der Waals surface area contributed by atoms with Gasteiger partial charge in [-0.2, -0.15) is 0 Å². The van der Waals surface area contributed by atoms with E-state index >= 15 is 0 Å². The monoisotopic (exact) mass is 276 g/mol. The van der Waals surface area contributed by atoms with Crippen LogP contribution < -0.4 is 15.4 Å². The number of ether oxygens (including phenoxy) is 1. The molecule has 1 saturated heterocycles. The second kappa shape index (κ2) is 6.75. The van der Waals surface area contributed by atoms with E-state index in [1.807, 2.05) is 31.2 Å². The van der Waals surface area contributed by atoms with E-state index in [0.717, 1.165) is 30.7 Å². The van der Waals surface area contributed by atoms with Crippen molar-refractivity contribution in [2.75, 3.05) is 13.7 Å². The normalized spacial score (nSPS) is 23.9. The summed E-state index contributed by atoms with van der Waals surface area (Å²) in [5, 5.41) is 6.48. The van der Waals surface area contributed by atoms with Crippen LogP contribution in [0.1, 0.15) is 38.3 Å². The molecule has 4 heteroatoms. The number of methoxy groups -OCH3 is 1. The second-order valence-electron chi connectivity index (χ2n) is 5.55. The summed E-state index contributed by atoms with van der Waals surface area (Å²) in [4.78, 5) is 12.3. The van der Waals surface area contributed by atoms with Gasteiger partial charge in [0.2, 0.25) is 5.91 Å². The number of piperidine rings is 1. The number of para-hydroxylation sites is 1. The lowest BCUT2D eigenvalue weighted by atomic mass is 9.92. The number of rotatable bonds is 4. The Morgan fingerprint density at radius 2 is 2.20 bits per heavy atom. The summed E-state index contributed by atoms with van der Waals surface area (Å²) in [6, 6.07) is 8.20. The summed E-state index contributed by atoms with van der Waals surface area (Å²) in [5.41, 5.74) is 1.02. The number of benzene rings is 1.